The summed E-state index contributed by atoms with van der Waals surface area (Å²) in [4.78, 5) is 21.5. The fraction of sp³-hybridized carbons (Fsp3) is 0.483. The number of hydrogen-bond acceptors (Lipinski definition) is 4. The van der Waals surface area contributed by atoms with Crippen molar-refractivity contribution in [1.29, 1.82) is 5.26 Å². The molecule has 0 unspecified atom stereocenters. The summed E-state index contributed by atoms with van der Waals surface area (Å²) in [6, 6.07) is 16.6. The Labute approximate surface area is 231 Å². The number of carboxylic acid groups (broad SMARTS) is 1. The predicted octanol–water partition coefficient (Wildman–Crippen LogP) is 6.15. The Balaban J connectivity index is 0.000000559. The van der Waals surface area contributed by atoms with Crippen molar-refractivity contribution in [2.75, 3.05) is 5.32 Å². The van der Waals surface area contributed by atoms with Crippen molar-refractivity contribution in [3.8, 4) is 6.07 Å². The number of amides is 2. The van der Waals surface area contributed by atoms with Crippen molar-refractivity contribution >= 4 is 17.7 Å². The lowest BCUT2D eigenvalue weighted by molar-refractivity contribution is -0.192. The lowest BCUT2D eigenvalue weighted by Gasteiger charge is -2.38. The Hall–Kier alpha value is -3.65. The van der Waals surface area contributed by atoms with Gasteiger partial charge in [-0.05, 0) is 86.8 Å². The molecule has 0 aromatic heterocycles. The number of urea groups is 1. The van der Waals surface area contributed by atoms with Gasteiger partial charge in [-0.1, -0.05) is 31.0 Å². The van der Waals surface area contributed by atoms with Crippen LogP contribution in [0, 0.1) is 23.1 Å². The zero-order chi connectivity index (χ0) is 29.1. The summed E-state index contributed by atoms with van der Waals surface area (Å²) >= 11 is 0. The van der Waals surface area contributed by atoms with Crippen molar-refractivity contribution in [3.05, 3.63) is 65.5 Å². The molecule has 2 aromatic rings. The Morgan fingerprint density at radius 2 is 1.57 bits per heavy atom. The molecule has 0 bridgehead atoms. The number of benzene rings is 2. The summed E-state index contributed by atoms with van der Waals surface area (Å²) in [6.45, 7) is 0. The summed E-state index contributed by atoms with van der Waals surface area (Å²) in [5, 5.41) is 26.1. The van der Waals surface area contributed by atoms with Gasteiger partial charge >= 0.3 is 18.2 Å². The van der Waals surface area contributed by atoms with Crippen LogP contribution in [0.3, 0.4) is 0 Å². The van der Waals surface area contributed by atoms with Crippen molar-refractivity contribution < 1.29 is 32.3 Å². The van der Waals surface area contributed by atoms with Gasteiger partial charge in [0.25, 0.3) is 0 Å². The molecule has 0 radical (unpaired) electrons. The van der Waals surface area contributed by atoms with Crippen molar-refractivity contribution in [2.45, 2.75) is 82.1 Å². The van der Waals surface area contributed by atoms with Gasteiger partial charge in [-0.25, -0.2) is 14.0 Å². The quantitative estimate of drug-likeness (QED) is 0.315. The molecule has 4 N–H and O–H groups in total. The fourth-order valence-electron chi connectivity index (χ4n) is 5.29. The third kappa shape index (κ3) is 10.2. The average Bonchev–Trinajstić information content (AvgIpc) is 2.92. The van der Waals surface area contributed by atoms with Crippen LogP contribution in [-0.4, -0.2) is 41.4 Å². The van der Waals surface area contributed by atoms with Crippen LogP contribution < -0.4 is 16.0 Å². The molecule has 2 aromatic carbocycles. The molecule has 2 aliphatic carbocycles. The summed E-state index contributed by atoms with van der Waals surface area (Å²) in [7, 11) is 0. The van der Waals surface area contributed by atoms with Gasteiger partial charge in [-0.15, -0.1) is 0 Å². The van der Waals surface area contributed by atoms with Crippen LogP contribution in [0.2, 0.25) is 0 Å². The Morgan fingerprint density at radius 1 is 0.950 bits per heavy atom. The third-order valence-electron chi connectivity index (χ3n) is 7.31. The molecule has 216 valence electrons. The zero-order valence-electron chi connectivity index (χ0n) is 22.0. The number of halogens is 4. The highest BCUT2D eigenvalue weighted by Gasteiger charge is 2.38. The standard InChI is InChI=1S/C27H33FN4O.C2HF3O2/c28-22-12-8-19(9-13-22)16-20-10-14-23(15-11-20)30-25-6-1-2-7-26(25)32-27(33)31-24-5-3-4-21(17-24)18-29;3-2(4,5)1(6)7/h3-5,8-9,12-13,17,20,23,25-26,30H,1-2,6-7,10-11,14-16H2,(H2,31,32,33);(H,6,7)/t20?,23?,25-,26-;/m1./s1. The van der Waals surface area contributed by atoms with Gasteiger partial charge in [-0.2, -0.15) is 18.4 Å². The van der Waals surface area contributed by atoms with Gasteiger partial charge in [0, 0.05) is 23.8 Å². The van der Waals surface area contributed by atoms with E-state index in [1.54, 1.807) is 36.4 Å². The summed E-state index contributed by atoms with van der Waals surface area (Å²) in [5.41, 5.74) is 2.38. The molecule has 2 aliphatic rings. The number of alkyl halides is 3. The Kier molecular flexibility index (Phi) is 11.3. The van der Waals surface area contributed by atoms with E-state index in [1.165, 1.54) is 24.8 Å². The van der Waals surface area contributed by atoms with E-state index in [0.29, 0.717) is 23.2 Å². The first-order valence-electron chi connectivity index (χ1n) is 13.4. The average molecular weight is 563 g/mol. The fourth-order valence-corrected chi connectivity index (χ4v) is 5.29. The van der Waals surface area contributed by atoms with Crippen molar-refractivity contribution in [1.82, 2.24) is 10.6 Å². The highest BCUT2D eigenvalue weighted by atomic mass is 19.4. The maximum Gasteiger partial charge on any atom is 0.490 e. The van der Waals surface area contributed by atoms with Crippen LogP contribution in [0.1, 0.15) is 62.5 Å². The van der Waals surface area contributed by atoms with Gasteiger partial charge in [0.1, 0.15) is 5.82 Å². The molecule has 7 nitrogen and oxygen atoms in total. The monoisotopic (exact) mass is 562 g/mol. The number of carbonyl (C=O) groups is 2. The SMILES string of the molecule is N#Cc1cccc(NC(=O)N[C@@H]2CCCC[C@H]2NC2CCC(Cc3ccc(F)cc3)CC2)c1.O=C(O)C(F)(F)F. The topological polar surface area (TPSA) is 114 Å². The Bertz CT molecular complexity index is 1160. The first kappa shape index (κ1) is 30.9. The molecular weight excluding hydrogens is 528 g/mol. The van der Waals surface area contributed by atoms with Gasteiger partial charge in [0.05, 0.1) is 11.6 Å². The van der Waals surface area contributed by atoms with E-state index in [4.69, 9.17) is 15.2 Å². The molecule has 0 saturated heterocycles. The summed E-state index contributed by atoms with van der Waals surface area (Å²) < 4.78 is 44.9. The van der Waals surface area contributed by atoms with Gasteiger partial charge in [0.15, 0.2) is 0 Å². The van der Waals surface area contributed by atoms with E-state index in [-0.39, 0.29) is 23.9 Å². The normalized spacial score (nSPS) is 22.7. The van der Waals surface area contributed by atoms with E-state index >= 15 is 0 Å². The molecule has 11 heteroatoms. The van der Waals surface area contributed by atoms with E-state index in [1.807, 2.05) is 12.1 Å². The van der Waals surface area contributed by atoms with E-state index < -0.39 is 12.1 Å². The first-order valence-corrected chi connectivity index (χ1v) is 13.4. The van der Waals surface area contributed by atoms with Crippen molar-refractivity contribution in [2.24, 2.45) is 5.92 Å². The Morgan fingerprint density at radius 3 is 2.17 bits per heavy atom. The minimum Gasteiger partial charge on any atom is -0.475 e. The van der Waals surface area contributed by atoms with E-state index in [0.717, 1.165) is 38.5 Å². The van der Waals surface area contributed by atoms with Gasteiger partial charge in [0.2, 0.25) is 0 Å². The number of nitrogens with one attached hydrogen (secondary N) is 3. The number of anilines is 1. The third-order valence-corrected chi connectivity index (χ3v) is 7.31. The van der Waals surface area contributed by atoms with E-state index in [9.17, 15) is 22.4 Å². The lowest BCUT2D eigenvalue weighted by Crippen LogP contribution is -2.55. The number of aliphatic carboxylic acids is 1. The molecule has 4 rings (SSSR count). The first-order chi connectivity index (χ1) is 19.0. The highest BCUT2D eigenvalue weighted by Crippen LogP contribution is 2.29. The van der Waals surface area contributed by atoms with Crippen LogP contribution in [0.5, 0.6) is 0 Å². The van der Waals surface area contributed by atoms with Crippen LogP contribution in [-0.2, 0) is 11.2 Å². The van der Waals surface area contributed by atoms with Crippen LogP contribution in [0.15, 0.2) is 48.5 Å². The maximum absolute atomic E-state index is 13.1. The second-order valence-corrected chi connectivity index (χ2v) is 10.3. The highest BCUT2D eigenvalue weighted by molar-refractivity contribution is 5.89. The molecular formula is C29H34F4N4O3. The van der Waals surface area contributed by atoms with Crippen LogP contribution >= 0.6 is 0 Å². The largest absolute Gasteiger partial charge is 0.490 e. The summed E-state index contributed by atoms with van der Waals surface area (Å²) in [6.07, 6.45) is 4.93. The maximum atomic E-state index is 13.1. The molecule has 2 saturated carbocycles. The zero-order valence-corrected chi connectivity index (χ0v) is 22.0. The molecule has 2 atom stereocenters. The number of nitriles is 1. The lowest BCUT2D eigenvalue weighted by atomic mass is 9.81. The van der Waals surface area contributed by atoms with Crippen LogP contribution in [0.25, 0.3) is 0 Å². The number of carbonyl (C=O) groups excluding carboxylic acids is 1. The number of hydrogen-bond donors (Lipinski definition) is 4. The second kappa shape index (κ2) is 14.7. The van der Waals surface area contributed by atoms with E-state index in [2.05, 4.69) is 22.0 Å². The molecule has 0 aliphatic heterocycles. The smallest absolute Gasteiger partial charge is 0.475 e. The van der Waals surface area contributed by atoms with Gasteiger partial charge in [-0.3, -0.25) is 0 Å². The number of nitrogens with zero attached hydrogens (tertiary/aromatic N) is 1. The molecule has 0 heterocycles. The molecule has 2 fully saturated rings. The molecule has 0 spiro atoms. The van der Waals surface area contributed by atoms with Crippen molar-refractivity contribution in [3.63, 3.8) is 0 Å². The summed E-state index contributed by atoms with van der Waals surface area (Å²) in [5.74, 6) is -2.28. The number of rotatable bonds is 6. The molecule has 2 amide bonds. The van der Waals surface area contributed by atoms with Gasteiger partial charge < -0.3 is 21.1 Å². The van der Waals surface area contributed by atoms with Crippen LogP contribution in [0.4, 0.5) is 28.0 Å². The molecule has 40 heavy (non-hydrogen) atoms. The minimum atomic E-state index is -5.08. The predicted molar refractivity (Wildman–Crippen MR) is 142 cm³/mol. The second-order valence-electron chi connectivity index (χ2n) is 10.3. The number of carboxylic acids is 1. The minimum absolute atomic E-state index is 0.106.